The van der Waals surface area contributed by atoms with Gasteiger partial charge in [0.15, 0.2) is 5.78 Å². The summed E-state index contributed by atoms with van der Waals surface area (Å²) >= 11 is 19.1. The number of aryl methyl sites for hydroxylation is 13. The van der Waals surface area contributed by atoms with Gasteiger partial charge >= 0.3 is 0 Å². The fraction of sp³-hybridized carbons (Fsp3) is 0.319. The van der Waals surface area contributed by atoms with E-state index in [9.17, 15) is 29.4 Å². The van der Waals surface area contributed by atoms with Crippen molar-refractivity contribution >= 4 is 92.2 Å². The first kappa shape index (κ1) is 101. The van der Waals surface area contributed by atoms with E-state index in [1.807, 2.05) is 219 Å². The molecule has 5 aromatic heterocycles. The molecule has 17 rings (SSSR count). The minimum Gasteiger partial charge on any atom is -0.506 e. The van der Waals surface area contributed by atoms with Gasteiger partial charge in [0.2, 0.25) is 17.7 Å². The van der Waals surface area contributed by atoms with Gasteiger partial charge in [-0.3, -0.25) is 33.2 Å². The summed E-state index contributed by atoms with van der Waals surface area (Å²) in [6, 6.07) is 50.6. The number of ketones is 1. The smallest absolute Gasteiger partial charge is 0.248 e. The number of anilines is 1. The number of carbonyl (C=O) groups is 4. The first-order valence-corrected chi connectivity index (χ1v) is 49.3. The molecular weight excluding hydrogens is 1810 g/mol. The number of carbonyl (C=O) groups excluding carboxylic acids is 4. The molecule has 8 aromatic carbocycles. The van der Waals surface area contributed by atoms with Crippen molar-refractivity contribution in [2.75, 3.05) is 37.8 Å². The van der Waals surface area contributed by atoms with Gasteiger partial charge in [-0.2, -0.15) is 15.3 Å². The minimum absolute atomic E-state index is 0.00373. The van der Waals surface area contributed by atoms with E-state index < -0.39 is 0 Å². The highest BCUT2D eigenvalue weighted by atomic mass is 35.5. The highest BCUT2D eigenvalue weighted by molar-refractivity contribution is 6.33. The number of Topliss-reactive ketones (excluding diaryl/α,β-unsaturated/α-hetero) is 1. The molecule has 726 valence electrons. The number of benzene rings is 8. The zero-order chi connectivity index (χ0) is 99.9. The number of aliphatic hydroxyl groups excluding tert-OH is 2. The van der Waals surface area contributed by atoms with Crippen LogP contribution in [0.2, 0.25) is 15.1 Å². The first-order chi connectivity index (χ1) is 67.0. The Bertz CT molecular complexity index is 7050. The zero-order valence-corrected chi connectivity index (χ0v) is 85.8. The van der Waals surface area contributed by atoms with Gasteiger partial charge in [0, 0.05) is 176 Å². The number of nitrogens with zero attached hydrogens (tertiary/aromatic N) is 9. The molecule has 24 heteroatoms. The summed E-state index contributed by atoms with van der Waals surface area (Å²) in [5.41, 5.74) is 38.0. The predicted octanol–water partition coefficient (Wildman–Crippen LogP) is 24.4. The number of amides is 3. The molecule has 3 amide bonds. The fourth-order valence-corrected chi connectivity index (χ4v) is 20.7. The average molecular weight is 1940 g/mol. The molecule has 0 bridgehead atoms. The van der Waals surface area contributed by atoms with Gasteiger partial charge in [-0.15, -0.1) is 0 Å². The largest absolute Gasteiger partial charge is 0.506 e. The van der Waals surface area contributed by atoms with Crippen LogP contribution in [0.1, 0.15) is 203 Å². The number of nitrogens with one attached hydrogen (secondary N) is 3. The number of rotatable bonds is 33. The van der Waals surface area contributed by atoms with E-state index in [2.05, 4.69) is 125 Å². The minimum atomic E-state index is -0.0955. The molecule has 13 aromatic rings. The maximum absolute atomic E-state index is 14.1. The van der Waals surface area contributed by atoms with E-state index in [-0.39, 0.29) is 35.0 Å². The highest BCUT2D eigenvalue weighted by Gasteiger charge is 2.35. The van der Waals surface area contributed by atoms with Gasteiger partial charge in [0.1, 0.15) is 28.8 Å². The lowest BCUT2D eigenvalue weighted by molar-refractivity contribution is -0.118. The maximum Gasteiger partial charge on any atom is 0.248 e. The monoisotopic (exact) mass is 1940 g/mol. The van der Waals surface area contributed by atoms with E-state index in [0.29, 0.717) is 95.9 Å². The number of allylic oxidation sites excluding steroid dienone is 3. The predicted molar refractivity (Wildman–Crippen MR) is 565 cm³/mol. The lowest BCUT2D eigenvalue weighted by Gasteiger charge is -2.21. The van der Waals surface area contributed by atoms with E-state index in [1.165, 1.54) is 0 Å². The van der Waals surface area contributed by atoms with Crippen molar-refractivity contribution < 1.29 is 43.6 Å². The Labute approximate surface area is 837 Å². The Hall–Kier alpha value is -13.6. The Morgan fingerprint density at radius 2 is 0.750 bits per heavy atom. The number of hydrogen-bond donors (Lipinski definition) is 5. The fourth-order valence-electron chi connectivity index (χ4n) is 20.4. The molecule has 0 atom stereocenters. The number of fused-ring (bicyclic) bond motifs is 3. The molecule has 1 saturated heterocycles. The lowest BCUT2D eigenvalue weighted by atomic mass is 9.93. The molecule has 1 aliphatic heterocycles. The molecule has 1 fully saturated rings. The van der Waals surface area contributed by atoms with Crippen molar-refractivity contribution in [2.45, 2.75) is 187 Å². The van der Waals surface area contributed by atoms with Crippen LogP contribution in [0.5, 0.6) is 17.2 Å². The van der Waals surface area contributed by atoms with Crippen molar-refractivity contribution in [3.05, 3.63) is 349 Å². The number of aliphatic hydroxyl groups is 2. The van der Waals surface area contributed by atoms with Crippen molar-refractivity contribution in [1.29, 1.82) is 0 Å². The van der Waals surface area contributed by atoms with Gasteiger partial charge in [-0.1, -0.05) is 139 Å². The number of halogens is 3. The highest BCUT2D eigenvalue weighted by Crippen LogP contribution is 2.47. The molecule has 0 radical (unpaired) electrons. The van der Waals surface area contributed by atoms with Crippen LogP contribution < -0.4 is 35.1 Å². The third kappa shape index (κ3) is 22.2. The quantitative estimate of drug-likeness (QED) is 0.0146. The second kappa shape index (κ2) is 43.8. The zero-order valence-electron chi connectivity index (χ0n) is 83.6. The normalized spacial score (nSPS) is 13.0. The Balaban J connectivity index is 0.000000159. The van der Waals surface area contributed by atoms with Gasteiger partial charge in [0.25, 0.3) is 0 Å². The molecule has 140 heavy (non-hydrogen) atoms. The number of aromatic nitrogens is 8. The summed E-state index contributed by atoms with van der Waals surface area (Å²) in [4.78, 5) is 56.8. The van der Waals surface area contributed by atoms with E-state index >= 15 is 0 Å². The van der Waals surface area contributed by atoms with Crippen LogP contribution >= 0.6 is 34.8 Å². The van der Waals surface area contributed by atoms with Crippen molar-refractivity contribution in [1.82, 2.24) is 54.4 Å². The van der Waals surface area contributed by atoms with Crippen LogP contribution in [0.3, 0.4) is 0 Å². The molecule has 4 aliphatic rings. The third-order valence-corrected chi connectivity index (χ3v) is 29.4. The van der Waals surface area contributed by atoms with E-state index in [0.717, 1.165) is 279 Å². The summed E-state index contributed by atoms with van der Waals surface area (Å²) in [7, 11) is 7.74. The van der Waals surface area contributed by atoms with Crippen molar-refractivity contribution in [3.8, 4) is 50.6 Å². The van der Waals surface area contributed by atoms with Crippen molar-refractivity contribution in [3.63, 3.8) is 0 Å². The SMILES string of the molecule is C=C(O)c1cc(CNC(=O)C2=C(CCCOc3cc(C)c(Cl)c(C)c3)c3cccc(-c4c(C)nn(C)c4C)c3C2)cn1C.C=C(O)c1cc(CNC(=O)C2=C(CCCOc3cc(C)c(Cl)c(C)c3)c3cccc(-c4c(C)nn(C)c4C)c3C2)cn1Cc1ccccc1.CC(=O)c1cc(CNC(=O)C2=C(CCCOc3cc(C)c(Cl)c(C)c3)c3cccc(-c4c(C)nn(C)c4C)c3C2)ccc1N1CCCC1. The average Bonchev–Trinajstić information content (AvgIpc) is 1.61. The van der Waals surface area contributed by atoms with Crippen LogP contribution in [-0.4, -0.2) is 105 Å². The Morgan fingerprint density at radius 3 is 1.09 bits per heavy atom. The number of hydrogen-bond acceptors (Lipinski definition) is 13. The second-order valence-corrected chi connectivity index (χ2v) is 38.7. The summed E-state index contributed by atoms with van der Waals surface area (Å²) in [6.07, 6.45) is 12.1. The molecule has 0 unspecified atom stereocenters. The number of ether oxygens (including phenoxy) is 3. The first-order valence-electron chi connectivity index (χ1n) is 48.1. The van der Waals surface area contributed by atoms with Crippen LogP contribution in [-0.2, 0) is 88.0 Å². The van der Waals surface area contributed by atoms with Gasteiger partial charge < -0.3 is 54.4 Å². The van der Waals surface area contributed by atoms with E-state index in [4.69, 9.17) is 49.0 Å². The summed E-state index contributed by atoms with van der Waals surface area (Å²) < 4.78 is 27.9. The topological polar surface area (TPSA) is 239 Å². The summed E-state index contributed by atoms with van der Waals surface area (Å²) in [5.74, 6) is 2.17. The molecule has 3 aliphatic carbocycles. The third-order valence-electron chi connectivity index (χ3n) is 27.6. The molecule has 0 spiro atoms. The molecule has 6 heterocycles. The maximum atomic E-state index is 14.1. The second-order valence-electron chi connectivity index (χ2n) is 37.6. The molecular formula is C116H127Cl3N12O9. The molecule has 5 N–H and O–H groups in total. The van der Waals surface area contributed by atoms with Crippen LogP contribution in [0, 0.1) is 83.1 Å². The van der Waals surface area contributed by atoms with Crippen LogP contribution in [0.25, 0.3) is 61.6 Å². The standard InChI is InChI=1S/C41H43ClN4O3.C40H45ClN4O3.C35H39ClN4O3/c1-25-18-32(19-26(2)40(25)42)49-17-11-16-34-33-14-10-15-35(39-27(3)44-45(6)28(39)4)36(33)21-37(34)41(48)43-22-31-20-38(29(5)47)46(24-31)23-30-12-8-7-9-13-30;1-24-19-30(20-25(2)39(24)41)48-18-10-13-32-31-11-9-12-33(38-26(3)43-44(6)27(38)4)35(31)22-36(32)40(47)42-23-29-14-15-37(34(21-29)28(5)46)45-16-7-8-17-45;1-20-14-26(15-21(2)34(20)36)43-13-9-12-28-27-10-8-11-29(33-22(3)38-40(7)23(33)4)30(27)17-31(28)35(42)37-18-25-16-32(24(5)41)39(6)19-25/h7-10,12-15,18-20,24,47H,5,11,16-17,21-23H2,1-4,6H3,(H,43,48);9,11-12,14-15,19-21H,7-8,10,13,16-18,22-23H2,1-6H3,(H,42,47);8,10-11,14-16,19,41H,5,9,12-13,17-18H2,1-4,6-7H3,(H,37,42). The molecule has 21 nitrogen and oxygen atoms in total. The Kier molecular flexibility index (Phi) is 31.6. The van der Waals surface area contributed by atoms with Gasteiger partial charge in [0.05, 0.1) is 48.3 Å². The summed E-state index contributed by atoms with van der Waals surface area (Å²) in [5, 5.41) is 46.0. The van der Waals surface area contributed by atoms with E-state index in [1.54, 1.807) is 11.5 Å². The van der Waals surface area contributed by atoms with Crippen LogP contribution in [0.4, 0.5) is 5.69 Å². The van der Waals surface area contributed by atoms with Gasteiger partial charge in [-0.25, -0.2) is 0 Å². The Morgan fingerprint density at radius 1 is 0.407 bits per heavy atom. The van der Waals surface area contributed by atoms with Gasteiger partial charge in [-0.05, 0) is 324 Å². The lowest BCUT2D eigenvalue weighted by Crippen LogP contribution is -2.26. The van der Waals surface area contributed by atoms with Crippen LogP contribution in [0.15, 0.2) is 194 Å². The van der Waals surface area contributed by atoms with Crippen molar-refractivity contribution in [2.24, 2.45) is 28.2 Å². The molecule has 0 saturated carbocycles. The summed E-state index contributed by atoms with van der Waals surface area (Å²) in [6.45, 7) is 38.4.